The summed E-state index contributed by atoms with van der Waals surface area (Å²) >= 11 is 0. The molecular formula is C27H36N2O2. The first-order valence-corrected chi connectivity index (χ1v) is 11.7. The monoisotopic (exact) mass is 420 g/mol. The summed E-state index contributed by atoms with van der Waals surface area (Å²) in [6.07, 6.45) is 5.47. The van der Waals surface area contributed by atoms with Crippen LogP contribution in [0.4, 0.5) is 5.69 Å². The van der Waals surface area contributed by atoms with Crippen LogP contribution < -0.4 is 4.90 Å². The minimum Gasteiger partial charge on any atom is -0.478 e. The van der Waals surface area contributed by atoms with Crippen LogP contribution in [0.2, 0.25) is 0 Å². The third-order valence-electron chi connectivity index (χ3n) is 7.45. The summed E-state index contributed by atoms with van der Waals surface area (Å²) in [6.45, 7) is 11.7. The molecule has 4 nitrogen and oxygen atoms in total. The van der Waals surface area contributed by atoms with Gasteiger partial charge in [-0.15, -0.1) is 0 Å². The lowest BCUT2D eigenvalue weighted by Crippen LogP contribution is -2.51. The number of piperazine rings is 1. The lowest BCUT2D eigenvalue weighted by atomic mass is 9.71. The second-order valence-corrected chi connectivity index (χ2v) is 10.3. The minimum absolute atomic E-state index is 0.324. The van der Waals surface area contributed by atoms with Crippen LogP contribution in [0.5, 0.6) is 0 Å². The third kappa shape index (κ3) is 5.12. The molecule has 1 aliphatic carbocycles. The smallest absolute Gasteiger partial charge is 0.335 e. The van der Waals surface area contributed by atoms with Gasteiger partial charge in [0.25, 0.3) is 0 Å². The molecule has 1 saturated heterocycles. The quantitative estimate of drug-likeness (QED) is 0.681. The van der Waals surface area contributed by atoms with Gasteiger partial charge in [0.2, 0.25) is 0 Å². The van der Waals surface area contributed by atoms with Crippen LogP contribution in [0.15, 0.2) is 48.5 Å². The van der Waals surface area contributed by atoms with E-state index in [1.54, 1.807) is 12.1 Å². The van der Waals surface area contributed by atoms with Crippen molar-refractivity contribution in [2.24, 2.45) is 11.3 Å². The highest BCUT2D eigenvalue weighted by Crippen LogP contribution is 2.39. The van der Waals surface area contributed by atoms with Crippen LogP contribution >= 0.6 is 0 Å². The average Bonchev–Trinajstić information content (AvgIpc) is 2.79. The molecule has 166 valence electrons. The summed E-state index contributed by atoms with van der Waals surface area (Å²) in [5.74, 6) is -0.00725. The van der Waals surface area contributed by atoms with E-state index in [9.17, 15) is 4.79 Å². The summed E-state index contributed by atoms with van der Waals surface area (Å²) in [5.41, 5.74) is 4.23. The molecule has 0 unspecified atom stereocenters. The van der Waals surface area contributed by atoms with Gasteiger partial charge >= 0.3 is 5.97 Å². The Morgan fingerprint density at radius 3 is 1.81 bits per heavy atom. The first-order valence-electron chi connectivity index (χ1n) is 11.7. The highest BCUT2D eigenvalue weighted by molar-refractivity contribution is 5.88. The van der Waals surface area contributed by atoms with Crippen LogP contribution in [0.3, 0.4) is 0 Å². The molecule has 4 heteroatoms. The van der Waals surface area contributed by atoms with Crippen molar-refractivity contribution in [1.82, 2.24) is 4.90 Å². The van der Waals surface area contributed by atoms with Crippen molar-refractivity contribution in [1.29, 1.82) is 0 Å². The maximum atomic E-state index is 11.0. The zero-order valence-corrected chi connectivity index (χ0v) is 19.2. The molecule has 1 saturated carbocycles. The van der Waals surface area contributed by atoms with Crippen molar-refractivity contribution in [3.05, 3.63) is 54.1 Å². The van der Waals surface area contributed by atoms with E-state index in [0.29, 0.717) is 11.0 Å². The van der Waals surface area contributed by atoms with Gasteiger partial charge < -0.3 is 10.0 Å². The standard InChI is InChI=1S/C27H36N2O2/c1-27(2,3)23-10-14-25(15-11-23)29-18-16-28(17-19-29)24-12-8-21(9-13-24)20-4-6-22(7-5-20)26(30)31/h4-9,12-13,23,25H,10-11,14-19H2,1-3H3,(H,30,31)/t23-,25-. The molecule has 0 aromatic heterocycles. The zero-order valence-electron chi connectivity index (χ0n) is 19.2. The van der Waals surface area contributed by atoms with Crippen LogP contribution in [0, 0.1) is 11.3 Å². The Morgan fingerprint density at radius 1 is 0.806 bits per heavy atom. The number of nitrogens with zero attached hydrogens (tertiary/aromatic N) is 2. The number of hydrogen-bond donors (Lipinski definition) is 1. The summed E-state index contributed by atoms with van der Waals surface area (Å²) in [6, 6.07) is 16.6. The van der Waals surface area contributed by atoms with Gasteiger partial charge in [-0.2, -0.15) is 0 Å². The molecule has 1 heterocycles. The van der Waals surface area contributed by atoms with Crippen molar-refractivity contribution in [3.63, 3.8) is 0 Å². The fourth-order valence-electron chi connectivity index (χ4n) is 5.32. The van der Waals surface area contributed by atoms with Gasteiger partial charge in [-0.25, -0.2) is 4.79 Å². The summed E-state index contributed by atoms with van der Waals surface area (Å²) in [7, 11) is 0. The Hall–Kier alpha value is -2.33. The van der Waals surface area contributed by atoms with Gasteiger partial charge in [-0.1, -0.05) is 45.0 Å². The predicted molar refractivity (Wildman–Crippen MR) is 128 cm³/mol. The molecule has 0 radical (unpaired) electrons. The van der Waals surface area contributed by atoms with Crippen molar-refractivity contribution < 1.29 is 9.90 Å². The molecule has 2 aromatic rings. The Kier molecular flexibility index (Phi) is 6.38. The molecule has 2 aromatic carbocycles. The number of anilines is 1. The van der Waals surface area contributed by atoms with Gasteiger partial charge in [0, 0.05) is 37.9 Å². The SMILES string of the molecule is CC(C)(C)[C@H]1CC[C@H](N2CCN(c3ccc(-c4ccc(C(=O)O)cc4)cc3)CC2)CC1. The highest BCUT2D eigenvalue weighted by Gasteiger charge is 2.33. The Bertz CT molecular complexity index is 867. The molecular weight excluding hydrogens is 384 g/mol. The fraction of sp³-hybridized carbons (Fsp3) is 0.519. The lowest BCUT2D eigenvalue weighted by Gasteiger charge is -2.44. The van der Waals surface area contributed by atoms with Gasteiger partial charge in [0.1, 0.15) is 0 Å². The molecule has 2 fully saturated rings. The predicted octanol–water partition coefficient (Wildman–Crippen LogP) is 5.78. The van der Waals surface area contributed by atoms with E-state index in [1.807, 2.05) is 12.1 Å². The molecule has 0 spiro atoms. The van der Waals surface area contributed by atoms with Crippen LogP contribution in [-0.2, 0) is 0 Å². The lowest BCUT2D eigenvalue weighted by molar-refractivity contribution is 0.0697. The van der Waals surface area contributed by atoms with E-state index in [2.05, 4.69) is 54.8 Å². The number of carboxylic acid groups (broad SMARTS) is 1. The maximum absolute atomic E-state index is 11.0. The number of hydrogen-bond acceptors (Lipinski definition) is 3. The van der Waals surface area contributed by atoms with E-state index in [1.165, 1.54) is 31.4 Å². The largest absolute Gasteiger partial charge is 0.478 e. The number of benzene rings is 2. The van der Waals surface area contributed by atoms with Crippen LogP contribution in [-0.4, -0.2) is 48.2 Å². The van der Waals surface area contributed by atoms with E-state index in [0.717, 1.165) is 49.3 Å². The molecule has 0 atom stereocenters. The molecule has 1 aliphatic heterocycles. The summed E-state index contributed by atoms with van der Waals surface area (Å²) in [5, 5.41) is 9.06. The molecule has 31 heavy (non-hydrogen) atoms. The van der Waals surface area contributed by atoms with Crippen molar-refractivity contribution >= 4 is 11.7 Å². The normalized spacial score (nSPS) is 23.0. The third-order valence-corrected chi connectivity index (χ3v) is 7.45. The fourth-order valence-corrected chi connectivity index (χ4v) is 5.32. The molecule has 0 amide bonds. The van der Waals surface area contributed by atoms with E-state index < -0.39 is 5.97 Å². The second-order valence-electron chi connectivity index (χ2n) is 10.3. The van der Waals surface area contributed by atoms with Crippen molar-refractivity contribution in [2.75, 3.05) is 31.1 Å². The number of rotatable bonds is 4. The Labute approximate surface area is 186 Å². The van der Waals surface area contributed by atoms with E-state index in [4.69, 9.17) is 5.11 Å². The molecule has 1 N–H and O–H groups in total. The Morgan fingerprint density at radius 2 is 1.32 bits per heavy atom. The van der Waals surface area contributed by atoms with Gasteiger partial charge in [-0.05, 0) is 72.4 Å². The summed E-state index contributed by atoms with van der Waals surface area (Å²) < 4.78 is 0. The topological polar surface area (TPSA) is 43.8 Å². The minimum atomic E-state index is -0.886. The number of carboxylic acids is 1. The maximum Gasteiger partial charge on any atom is 0.335 e. The highest BCUT2D eigenvalue weighted by atomic mass is 16.4. The average molecular weight is 421 g/mol. The number of aromatic carboxylic acids is 1. The van der Waals surface area contributed by atoms with E-state index in [-0.39, 0.29) is 0 Å². The first kappa shape index (κ1) is 21.9. The van der Waals surface area contributed by atoms with Crippen molar-refractivity contribution in [2.45, 2.75) is 52.5 Å². The Balaban J connectivity index is 1.31. The van der Waals surface area contributed by atoms with Crippen molar-refractivity contribution in [3.8, 4) is 11.1 Å². The van der Waals surface area contributed by atoms with Gasteiger partial charge in [0.05, 0.1) is 5.56 Å². The van der Waals surface area contributed by atoms with Crippen LogP contribution in [0.25, 0.3) is 11.1 Å². The van der Waals surface area contributed by atoms with E-state index >= 15 is 0 Å². The van der Waals surface area contributed by atoms with Crippen LogP contribution in [0.1, 0.15) is 56.8 Å². The molecule has 2 aliphatic rings. The van der Waals surface area contributed by atoms with Gasteiger partial charge in [0.15, 0.2) is 0 Å². The molecule has 0 bridgehead atoms. The number of carbonyl (C=O) groups is 1. The second kappa shape index (κ2) is 9.04. The van der Waals surface area contributed by atoms with Gasteiger partial charge in [-0.3, -0.25) is 4.90 Å². The summed E-state index contributed by atoms with van der Waals surface area (Å²) in [4.78, 5) is 16.3. The molecule has 4 rings (SSSR count). The zero-order chi connectivity index (χ0) is 22.0. The first-order chi connectivity index (χ1) is 14.8.